The summed E-state index contributed by atoms with van der Waals surface area (Å²) in [6, 6.07) is 10.9. The van der Waals surface area contributed by atoms with Crippen LogP contribution in [0.2, 0.25) is 0 Å². The molecule has 0 aromatic heterocycles. The van der Waals surface area contributed by atoms with Crippen LogP contribution in [0.1, 0.15) is 31.4 Å². The van der Waals surface area contributed by atoms with E-state index >= 15 is 0 Å². The van der Waals surface area contributed by atoms with E-state index in [9.17, 15) is 0 Å². The lowest BCUT2D eigenvalue weighted by molar-refractivity contribution is 0.219. The molecule has 1 aliphatic rings. The fraction of sp³-hybridized carbons (Fsp3) is 0.429. The van der Waals surface area contributed by atoms with Crippen molar-refractivity contribution in [2.45, 2.75) is 25.8 Å². The summed E-state index contributed by atoms with van der Waals surface area (Å²) in [4.78, 5) is 0. The second kappa shape index (κ2) is 5.71. The number of nitrogens with one attached hydrogen (secondary N) is 1. The van der Waals surface area contributed by atoms with Crippen LogP contribution in [-0.4, -0.2) is 13.2 Å². The smallest absolute Gasteiger partial charge is 0.0876 e. The van der Waals surface area contributed by atoms with Crippen LogP contribution in [-0.2, 0) is 4.74 Å². The van der Waals surface area contributed by atoms with E-state index < -0.39 is 0 Å². The quantitative estimate of drug-likeness (QED) is 0.837. The van der Waals surface area contributed by atoms with Crippen LogP contribution < -0.4 is 5.32 Å². The molecule has 0 fully saturated rings. The van der Waals surface area contributed by atoms with Crippen LogP contribution in [0, 0.1) is 0 Å². The van der Waals surface area contributed by atoms with Crippen molar-refractivity contribution in [1.29, 1.82) is 0 Å². The summed E-state index contributed by atoms with van der Waals surface area (Å²) in [5.41, 5.74) is 2.68. The number of rotatable bonds is 4. The summed E-state index contributed by atoms with van der Waals surface area (Å²) in [6.07, 6.45) is 4.19. The van der Waals surface area contributed by atoms with Gasteiger partial charge in [-0.25, -0.2) is 0 Å². The van der Waals surface area contributed by atoms with Gasteiger partial charge in [-0.1, -0.05) is 37.3 Å². The number of hydrogen-bond acceptors (Lipinski definition) is 2. The Morgan fingerprint density at radius 2 is 2.12 bits per heavy atom. The molecule has 0 aliphatic carbocycles. The Morgan fingerprint density at radius 3 is 2.75 bits per heavy atom. The Kier molecular flexibility index (Phi) is 4.00. The first kappa shape index (κ1) is 11.2. The monoisotopic (exact) mass is 217 g/mol. The number of hydrogen-bond donors (Lipinski definition) is 1. The van der Waals surface area contributed by atoms with Gasteiger partial charge >= 0.3 is 0 Å². The predicted molar refractivity (Wildman–Crippen MR) is 66.1 cm³/mol. The molecule has 1 aliphatic heterocycles. The van der Waals surface area contributed by atoms with Gasteiger partial charge in [-0.2, -0.15) is 0 Å². The number of likely N-dealkylation sites (N-methyl/N-ethyl adjacent to an activating group) is 1. The summed E-state index contributed by atoms with van der Waals surface area (Å²) in [6.45, 7) is 3.97. The molecule has 2 rings (SSSR count). The molecule has 1 aromatic carbocycles. The van der Waals surface area contributed by atoms with Gasteiger partial charge in [0.2, 0.25) is 0 Å². The van der Waals surface area contributed by atoms with E-state index in [1.165, 1.54) is 11.1 Å². The van der Waals surface area contributed by atoms with Gasteiger partial charge in [0.05, 0.1) is 18.9 Å². The maximum Gasteiger partial charge on any atom is 0.0876 e. The second-order valence-corrected chi connectivity index (χ2v) is 4.07. The second-order valence-electron chi connectivity index (χ2n) is 4.07. The van der Waals surface area contributed by atoms with E-state index in [2.05, 4.69) is 42.6 Å². The van der Waals surface area contributed by atoms with Crippen molar-refractivity contribution in [3.8, 4) is 0 Å². The third-order valence-electron chi connectivity index (χ3n) is 2.87. The van der Waals surface area contributed by atoms with Crippen molar-refractivity contribution in [3.05, 3.63) is 47.7 Å². The fourth-order valence-corrected chi connectivity index (χ4v) is 2.11. The van der Waals surface area contributed by atoms with Gasteiger partial charge in [0.25, 0.3) is 0 Å². The number of benzene rings is 1. The maximum atomic E-state index is 5.43. The Hall–Kier alpha value is -1.28. The van der Waals surface area contributed by atoms with Crippen LogP contribution in [0.25, 0.3) is 0 Å². The molecule has 0 saturated heterocycles. The third-order valence-corrected chi connectivity index (χ3v) is 2.87. The molecular formula is C14H19NO. The summed E-state index contributed by atoms with van der Waals surface area (Å²) in [5.74, 6) is 0. The first-order valence-electron chi connectivity index (χ1n) is 6.00. The first-order valence-corrected chi connectivity index (χ1v) is 6.00. The largest absolute Gasteiger partial charge is 0.501 e. The van der Waals surface area contributed by atoms with E-state index in [1.54, 1.807) is 0 Å². The molecule has 0 spiro atoms. The SMILES string of the molecule is CCNC(C1=COCCC1)c1ccccc1. The Balaban J connectivity index is 2.19. The lowest BCUT2D eigenvalue weighted by Crippen LogP contribution is -2.24. The van der Waals surface area contributed by atoms with Crippen molar-refractivity contribution in [2.75, 3.05) is 13.2 Å². The Labute approximate surface area is 97.3 Å². The molecule has 0 saturated carbocycles. The normalized spacial score (nSPS) is 17.4. The highest BCUT2D eigenvalue weighted by atomic mass is 16.5. The van der Waals surface area contributed by atoms with Gasteiger partial charge in [-0.15, -0.1) is 0 Å². The molecule has 0 amide bonds. The molecular weight excluding hydrogens is 198 g/mol. The summed E-state index contributed by atoms with van der Waals surface area (Å²) in [7, 11) is 0. The van der Waals surface area contributed by atoms with Gasteiger partial charge in [0.1, 0.15) is 0 Å². The van der Waals surface area contributed by atoms with Crippen LogP contribution in [0.3, 0.4) is 0 Å². The Morgan fingerprint density at radius 1 is 1.31 bits per heavy atom. The van der Waals surface area contributed by atoms with Crippen LogP contribution in [0.5, 0.6) is 0 Å². The zero-order valence-electron chi connectivity index (χ0n) is 9.78. The molecule has 1 N–H and O–H groups in total. The highest BCUT2D eigenvalue weighted by Crippen LogP contribution is 2.27. The van der Waals surface area contributed by atoms with Crippen molar-refractivity contribution in [1.82, 2.24) is 5.32 Å². The topological polar surface area (TPSA) is 21.3 Å². The molecule has 2 heteroatoms. The minimum absolute atomic E-state index is 0.312. The van der Waals surface area contributed by atoms with Crippen molar-refractivity contribution < 1.29 is 4.74 Å². The third kappa shape index (κ3) is 2.64. The highest BCUT2D eigenvalue weighted by molar-refractivity contribution is 5.27. The maximum absolute atomic E-state index is 5.43. The summed E-state index contributed by atoms with van der Waals surface area (Å²) in [5, 5.41) is 3.52. The zero-order valence-corrected chi connectivity index (χ0v) is 9.78. The van der Waals surface area contributed by atoms with Gasteiger partial charge in [-0.05, 0) is 30.5 Å². The fourth-order valence-electron chi connectivity index (χ4n) is 2.11. The Bertz CT molecular complexity index is 345. The molecule has 1 heterocycles. The lowest BCUT2D eigenvalue weighted by atomic mass is 9.95. The van der Waals surface area contributed by atoms with Crippen molar-refractivity contribution in [2.24, 2.45) is 0 Å². The van der Waals surface area contributed by atoms with Gasteiger partial charge in [0, 0.05) is 0 Å². The average Bonchev–Trinajstić information content (AvgIpc) is 2.38. The van der Waals surface area contributed by atoms with Crippen molar-refractivity contribution in [3.63, 3.8) is 0 Å². The van der Waals surface area contributed by atoms with Crippen LogP contribution in [0.15, 0.2) is 42.2 Å². The lowest BCUT2D eigenvalue weighted by Gasteiger charge is -2.24. The molecule has 1 atom stereocenters. The minimum Gasteiger partial charge on any atom is -0.501 e. The minimum atomic E-state index is 0.312. The zero-order chi connectivity index (χ0) is 11.2. The van der Waals surface area contributed by atoms with Crippen LogP contribution >= 0.6 is 0 Å². The predicted octanol–water partition coefficient (Wildman–Crippen LogP) is 3.03. The van der Waals surface area contributed by atoms with Crippen LogP contribution in [0.4, 0.5) is 0 Å². The van der Waals surface area contributed by atoms with E-state index in [-0.39, 0.29) is 0 Å². The average molecular weight is 217 g/mol. The molecule has 16 heavy (non-hydrogen) atoms. The van der Waals surface area contributed by atoms with Crippen molar-refractivity contribution >= 4 is 0 Å². The molecule has 2 nitrogen and oxygen atoms in total. The van der Waals surface area contributed by atoms with Gasteiger partial charge in [-0.3, -0.25) is 0 Å². The van der Waals surface area contributed by atoms with E-state index in [0.29, 0.717) is 6.04 Å². The molecule has 1 aromatic rings. The van der Waals surface area contributed by atoms with E-state index in [1.807, 2.05) is 6.26 Å². The highest BCUT2D eigenvalue weighted by Gasteiger charge is 2.17. The summed E-state index contributed by atoms with van der Waals surface area (Å²) >= 11 is 0. The van der Waals surface area contributed by atoms with E-state index in [4.69, 9.17) is 4.74 Å². The van der Waals surface area contributed by atoms with Gasteiger partial charge < -0.3 is 10.1 Å². The molecule has 0 radical (unpaired) electrons. The standard InChI is InChI=1S/C14H19NO/c1-2-15-14(12-7-4-3-5-8-12)13-9-6-10-16-11-13/h3-5,7-8,11,14-15H,2,6,9-10H2,1H3. The number of ether oxygens (including phenoxy) is 1. The molecule has 0 bridgehead atoms. The molecule has 1 unspecified atom stereocenters. The molecule has 86 valence electrons. The van der Waals surface area contributed by atoms with E-state index in [0.717, 1.165) is 26.0 Å². The first-order chi connectivity index (χ1) is 7.92. The summed E-state index contributed by atoms with van der Waals surface area (Å²) < 4.78 is 5.43. The van der Waals surface area contributed by atoms with Gasteiger partial charge in [0.15, 0.2) is 0 Å².